The van der Waals surface area contributed by atoms with Gasteiger partial charge >= 0.3 is 10.6 Å². The second-order valence-corrected chi connectivity index (χ2v) is 2.39. The number of ether oxygens (including phenoxy) is 1. The van der Waals surface area contributed by atoms with E-state index in [9.17, 15) is 8.78 Å². The Hall–Kier alpha value is 0.400. The molecule has 0 aromatic heterocycles. The van der Waals surface area contributed by atoms with Crippen LogP contribution in [0.25, 0.3) is 0 Å². The Labute approximate surface area is 48.1 Å². The summed E-state index contributed by atoms with van der Waals surface area (Å²) < 4.78 is 24.1. The summed E-state index contributed by atoms with van der Waals surface area (Å²) in [5.74, 6) is 0. The Morgan fingerprint density at radius 1 is 1.29 bits per heavy atom. The molecule has 7 heavy (non-hydrogen) atoms. The molecule has 0 radical (unpaired) electrons. The van der Waals surface area contributed by atoms with E-state index in [2.05, 4.69) is 4.74 Å². The van der Waals surface area contributed by atoms with Gasteiger partial charge in [0, 0.05) is 0 Å². The Kier molecular flexibility index (Phi) is 0.822. The van der Waals surface area contributed by atoms with Crippen molar-refractivity contribution in [2.45, 2.75) is 10.6 Å². The third-order valence-electron chi connectivity index (χ3n) is 0.554. The number of epoxide rings is 1. The average Bonchev–Trinajstić information content (AvgIpc) is 1.63. The van der Waals surface area contributed by atoms with Crippen LogP contribution >= 0.6 is 23.2 Å². The summed E-state index contributed by atoms with van der Waals surface area (Å²) in [6.07, 6.45) is -3.32. The minimum atomic E-state index is -3.32. The number of alkyl halides is 4. The standard InChI is InChI=1S/C2Cl2F2O/c3-1(4)2(5,6)7-1. The monoisotopic (exact) mass is 148 g/mol. The molecule has 1 aliphatic heterocycles. The molecule has 0 atom stereocenters. The summed E-state index contributed by atoms with van der Waals surface area (Å²) in [5.41, 5.74) is 0. The predicted octanol–water partition coefficient (Wildman–Crippen LogP) is 1.74. The lowest BCUT2D eigenvalue weighted by Gasteiger charge is -1.81. The van der Waals surface area contributed by atoms with Gasteiger partial charge in [-0.2, -0.15) is 8.78 Å². The first-order chi connectivity index (χ1) is 2.96. The molecule has 1 heterocycles. The second-order valence-electron chi connectivity index (χ2n) is 1.14. The predicted molar refractivity (Wildman–Crippen MR) is 20.5 cm³/mol. The van der Waals surface area contributed by atoms with Crippen molar-refractivity contribution in [3.05, 3.63) is 0 Å². The summed E-state index contributed by atoms with van der Waals surface area (Å²) >= 11 is 9.45. The van der Waals surface area contributed by atoms with Gasteiger partial charge in [-0.1, -0.05) is 23.2 Å². The number of rotatable bonds is 0. The highest BCUT2D eigenvalue weighted by atomic mass is 35.5. The molecule has 42 valence electrons. The quantitative estimate of drug-likeness (QED) is 0.377. The van der Waals surface area contributed by atoms with Crippen LogP contribution in [-0.4, -0.2) is 10.6 Å². The van der Waals surface area contributed by atoms with Gasteiger partial charge in [-0.25, -0.2) is 0 Å². The maximum Gasteiger partial charge on any atom is 0.416 e. The van der Waals surface area contributed by atoms with E-state index >= 15 is 0 Å². The van der Waals surface area contributed by atoms with Crippen LogP contribution in [0.4, 0.5) is 8.78 Å². The summed E-state index contributed by atoms with van der Waals surface area (Å²) in [6, 6.07) is 0. The molecule has 5 heteroatoms. The van der Waals surface area contributed by atoms with Gasteiger partial charge in [0.1, 0.15) is 0 Å². The number of hydrogen-bond acceptors (Lipinski definition) is 1. The summed E-state index contributed by atoms with van der Waals surface area (Å²) in [6.45, 7) is 0. The molecule has 0 bridgehead atoms. The molecule has 1 nitrogen and oxygen atoms in total. The highest BCUT2D eigenvalue weighted by molar-refractivity contribution is 6.49. The van der Waals surface area contributed by atoms with Crippen LogP contribution in [0.2, 0.25) is 0 Å². The zero-order valence-corrected chi connectivity index (χ0v) is 4.43. The first-order valence-electron chi connectivity index (χ1n) is 1.41. The molecule has 0 saturated carbocycles. The van der Waals surface area contributed by atoms with Crippen molar-refractivity contribution in [2.24, 2.45) is 0 Å². The normalized spacial score (nSPS) is 32.6. The molecule has 0 spiro atoms. The Balaban J connectivity index is 2.59. The van der Waals surface area contributed by atoms with Gasteiger partial charge in [0.25, 0.3) is 0 Å². The Morgan fingerprint density at radius 3 is 1.43 bits per heavy atom. The zero-order chi connectivity index (χ0) is 5.71. The molecule has 0 aromatic carbocycles. The molecule has 0 unspecified atom stereocenters. The lowest BCUT2D eigenvalue weighted by molar-refractivity contribution is 0.00148. The van der Waals surface area contributed by atoms with Gasteiger partial charge in [-0.15, -0.1) is 0 Å². The summed E-state index contributed by atoms with van der Waals surface area (Å²) in [4.78, 5) is 0. The van der Waals surface area contributed by atoms with E-state index in [1.165, 1.54) is 0 Å². The van der Waals surface area contributed by atoms with Crippen LogP contribution in [0.15, 0.2) is 0 Å². The topological polar surface area (TPSA) is 12.5 Å². The number of halogens is 4. The van der Waals surface area contributed by atoms with Crippen molar-refractivity contribution in [3.63, 3.8) is 0 Å². The van der Waals surface area contributed by atoms with E-state index in [1.54, 1.807) is 0 Å². The lowest BCUT2D eigenvalue weighted by Crippen LogP contribution is -1.99. The van der Waals surface area contributed by atoms with E-state index in [0.717, 1.165) is 0 Å². The SMILES string of the molecule is FC1(F)OC1(Cl)Cl. The van der Waals surface area contributed by atoms with Crippen molar-refractivity contribution in [3.8, 4) is 0 Å². The molecular formula is C2Cl2F2O. The van der Waals surface area contributed by atoms with E-state index in [4.69, 9.17) is 23.2 Å². The average molecular weight is 149 g/mol. The first-order valence-corrected chi connectivity index (χ1v) is 2.17. The van der Waals surface area contributed by atoms with E-state index in [-0.39, 0.29) is 0 Å². The highest BCUT2D eigenvalue weighted by Crippen LogP contribution is 2.56. The fourth-order valence-electron chi connectivity index (χ4n) is 0.135. The molecule has 1 rings (SSSR count). The molecule has 0 N–H and O–H groups in total. The molecular weight excluding hydrogens is 149 g/mol. The third-order valence-corrected chi connectivity index (χ3v) is 1.15. The van der Waals surface area contributed by atoms with Crippen molar-refractivity contribution >= 4 is 23.2 Å². The van der Waals surface area contributed by atoms with Gasteiger partial charge in [0.15, 0.2) is 0 Å². The van der Waals surface area contributed by atoms with Gasteiger partial charge in [-0.3, -0.25) is 4.74 Å². The summed E-state index contributed by atoms with van der Waals surface area (Å²) in [5, 5.41) is 0. The maximum absolute atomic E-state index is 11.4. The van der Waals surface area contributed by atoms with Gasteiger partial charge in [0.2, 0.25) is 0 Å². The smallest absolute Gasteiger partial charge is 0.271 e. The first kappa shape index (κ1) is 5.54. The highest BCUT2D eigenvalue weighted by Gasteiger charge is 2.74. The molecule has 0 amide bonds. The van der Waals surface area contributed by atoms with Crippen LogP contribution < -0.4 is 0 Å². The lowest BCUT2D eigenvalue weighted by atomic mass is 10.8. The van der Waals surface area contributed by atoms with Crippen LogP contribution in [0.3, 0.4) is 0 Å². The summed E-state index contributed by atoms with van der Waals surface area (Å²) in [7, 11) is 0. The van der Waals surface area contributed by atoms with E-state index < -0.39 is 10.6 Å². The van der Waals surface area contributed by atoms with Gasteiger partial charge < -0.3 is 0 Å². The molecule has 0 aromatic rings. The zero-order valence-electron chi connectivity index (χ0n) is 2.92. The van der Waals surface area contributed by atoms with Crippen molar-refractivity contribution < 1.29 is 13.5 Å². The maximum atomic E-state index is 11.4. The van der Waals surface area contributed by atoms with E-state index in [1.807, 2.05) is 0 Å². The van der Waals surface area contributed by atoms with Crippen molar-refractivity contribution in [1.29, 1.82) is 0 Å². The van der Waals surface area contributed by atoms with Gasteiger partial charge in [0.05, 0.1) is 0 Å². The van der Waals surface area contributed by atoms with Crippen LogP contribution in [-0.2, 0) is 4.74 Å². The Morgan fingerprint density at radius 2 is 1.43 bits per heavy atom. The van der Waals surface area contributed by atoms with Crippen molar-refractivity contribution in [2.75, 3.05) is 0 Å². The Bertz CT molecular complexity index is 89.9. The molecule has 1 saturated heterocycles. The fourth-order valence-corrected chi connectivity index (χ4v) is 0.329. The van der Waals surface area contributed by atoms with Crippen LogP contribution in [0.1, 0.15) is 0 Å². The molecule has 1 aliphatic rings. The van der Waals surface area contributed by atoms with Gasteiger partial charge in [-0.05, 0) is 0 Å². The minimum absolute atomic E-state index is 2.24. The van der Waals surface area contributed by atoms with Crippen LogP contribution in [0, 0.1) is 0 Å². The third kappa shape index (κ3) is 0.690. The second kappa shape index (κ2) is 1.04. The van der Waals surface area contributed by atoms with Crippen molar-refractivity contribution in [1.82, 2.24) is 0 Å². The van der Waals surface area contributed by atoms with E-state index in [0.29, 0.717) is 0 Å². The van der Waals surface area contributed by atoms with Crippen LogP contribution in [0.5, 0.6) is 0 Å². The number of hydrogen-bond donors (Lipinski definition) is 0. The largest absolute Gasteiger partial charge is 0.416 e. The molecule has 0 aliphatic carbocycles. The fraction of sp³-hybridized carbons (Fsp3) is 1.00. The minimum Gasteiger partial charge on any atom is -0.271 e. The molecule has 1 fully saturated rings.